The van der Waals surface area contributed by atoms with Gasteiger partial charge in [0.15, 0.2) is 6.29 Å². The highest BCUT2D eigenvalue weighted by atomic mass is 16.6. The summed E-state index contributed by atoms with van der Waals surface area (Å²) in [6, 6.07) is 4.20. The Morgan fingerprint density at radius 2 is 1.50 bits per heavy atom. The molecule has 220 valence electrons. The molecule has 0 saturated heterocycles. The third-order valence-electron chi connectivity index (χ3n) is 6.67. The Bertz CT molecular complexity index is 779. The van der Waals surface area contributed by atoms with Crippen LogP contribution in [-0.2, 0) is 28.4 Å². The molecular weight excluding hydrogens is 492 g/mol. The van der Waals surface area contributed by atoms with E-state index in [0.29, 0.717) is 79.2 Å². The summed E-state index contributed by atoms with van der Waals surface area (Å²) < 4.78 is 32.9. The quantitative estimate of drug-likeness (QED) is 0.121. The average molecular weight is 543 g/mol. The second kappa shape index (κ2) is 18.0. The van der Waals surface area contributed by atoms with Crippen molar-refractivity contribution in [2.45, 2.75) is 58.3 Å². The highest BCUT2D eigenvalue weighted by Gasteiger charge is 2.39. The molecule has 0 spiro atoms. The molecule has 0 radical (unpaired) electrons. The van der Waals surface area contributed by atoms with Gasteiger partial charge in [-0.3, -0.25) is 0 Å². The van der Waals surface area contributed by atoms with Crippen LogP contribution < -0.4 is 10.6 Å². The predicted molar refractivity (Wildman–Crippen MR) is 148 cm³/mol. The van der Waals surface area contributed by atoms with E-state index in [0.717, 1.165) is 29.8 Å². The first-order chi connectivity index (χ1) is 18.3. The average Bonchev–Trinajstić information content (AvgIpc) is 2.88. The van der Waals surface area contributed by atoms with Crippen LogP contribution in [0.4, 0.5) is 11.4 Å². The van der Waals surface area contributed by atoms with Crippen molar-refractivity contribution in [3.8, 4) is 0 Å². The number of rotatable bonds is 21. The van der Waals surface area contributed by atoms with Gasteiger partial charge >= 0.3 is 0 Å². The van der Waals surface area contributed by atoms with Crippen molar-refractivity contribution in [2.24, 2.45) is 0 Å². The smallest absolute Gasteiger partial charge is 0.172 e. The van der Waals surface area contributed by atoms with Crippen LogP contribution in [0.3, 0.4) is 0 Å². The second-order valence-corrected chi connectivity index (χ2v) is 10.1. The summed E-state index contributed by atoms with van der Waals surface area (Å²) >= 11 is 0. The van der Waals surface area contributed by atoms with Crippen LogP contribution in [-0.4, -0.2) is 108 Å². The summed E-state index contributed by atoms with van der Waals surface area (Å²) in [6.45, 7) is 14.1. The number of hydrogen-bond donors (Lipinski definition) is 3. The SMILES string of the molecule is CCOCCOCCOC(O)CN1c2cc(C)c(N)cc2C(CCOCCOCCOCCO)CC1(C)C. The van der Waals surface area contributed by atoms with Gasteiger partial charge in [0.1, 0.15) is 0 Å². The molecule has 2 atom stereocenters. The van der Waals surface area contributed by atoms with Crippen LogP contribution in [0.1, 0.15) is 50.7 Å². The van der Waals surface area contributed by atoms with Gasteiger partial charge in [0.25, 0.3) is 0 Å². The molecule has 4 N–H and O–H groups in total. The molecule has 10 nitrogen and oxygen atoms in total. The predicted octanol–water partition coefficient (Wildman–Crippen LogP) is 2.47. The Morgan fingerprint density at radius 1 is 0.921 bits per heavy atom. The van der Waals surface area contributed by atoms with Gasteiger partial charge in [-0.15, -0.1) is 0 Å². The number of aliphatic hydroxyl groups excluding tert-OH is 2. The maximum atomic E-state index is 10.7. The minimum Gasteiger partial charge on any atom is -0.399 e. The Morgan fingerprint density at radius 3 is 2.13 bits per heavy atom. The van der Waals surface area contributed by atoms with Crippen molar-refractivity contribution in [3.63, 3.8) is 0 Å². The number of aryl methyl sites for hydroxylation is 1. The maximum Gasteiger partial charge on any atom is 0.172 e. The zero-order chi connectivity index (χ0) is 27.8. The molecule has 38 heavy (non-hydrogen) atoms. The van der Waals surface area contributed by atoms with E-state index in [9.17, 15) is 5.11 Å². The summed E-state index contributed by atoms with van der Waals surface area (Å²) in [7, 11) is 0. The number of nitrogen functional groups attached to an aromatic ring is 1. The van der Waals surface area contributed by atoms with Crippen molar-refractivity contribution >= 4 is 11.4 Å². The first kappa shape index (κ1) is 32.7. The van der Waals surface area contributed by atoms with Crippen molar-refractivity contribution in [2.75, 3.05) is 96.5 Å². The standard InChI is InChI=1S/C28H50N2O8/c1-5-33-10-11-37-16-17-38-27(32)21-30-26-18-22(2)25(29)19-24(26)23(20-28(30,3)4)6-8-34-12-14-36-15-13-35-9-7-31/h18-19,23,27,31-32H,5-17,20-21,29H2,1-4H3. The van der Waals surface area contributed by atoms with Gasteiger partial charge in [-0.1, -0.05) is 0 Å². The molecule has 1 heterocycles. The number of ether oxygens (including phenoxy) is 6. The molecular formula is C28H50N2O8. The first-order valence-corrected chi connectivity index (χ1v) is 13.8. The molecule has 10 heteroatoms. The van der Waals surface area contributed by atoms with E-state index in [1.807, 2.05) is 13.8 Å². The Kier molecular flexibility index (Phi) is 15.5. The van der Waals surface area contributed by atoms with E-state index in [4.69, 9.17) is 39.3 Å². The van der Waals surface area contributed by atoms with E-state index >= 15 is 0 Å². The fraction of sp³-hybridized carbons (Fsp3) is 0.786. The fourth-order valence-electron chi connectivity index (χ4n) is 4.69. The maximum absolute atomic E-state index is 10.7. The van der Waals surface area contributed by atoms with Crippen molar-refractivity contribution < 1.29 is 38.6 Å². The Hall–Kier alpha value is -1.50. The number of aliphatic hydroxyl groups is 2. The number of benzene rings is 1. The van der Waals surface area contributed by atoms with Gasteiger partial charge in [0, 0.05) is 30.1 Å². The van der Waals surface area contributed by atoms with Gasteiger partial charge in [0.05, 0.1) is 72.6 Å². The lowest BCUT2D eigenvalue weighted by Crippen LogP contribution is -2.52. The summed E-state index contributed by atoms with van der Waals surface area (Å²) in [4.78, 5) is 2.24. The van der Waals surface area contributed by atoms with E-state index in [2.05, 4.69) is 30.9 Å². The van der Waals surface area contributed by atoms with E-state index in [1.54, 1.807) is 0 Å². The molecule has 2 rings (SSSR count). The second-order valence-electron chi connectivity index (χ2n) is 10.1. The normalized spacial score (nSPS) is 17.5. The molecule has 2 unspecified atom stereocenters. The van der Waals surface area contributed by atoms with Crippen LogP contribution in [0.25, 0.3) is 0 Å². The third-order valence-corrected chi connectivity index (χ3v) is 6.67. The van der Waals surface area contributed by atoms with Gasteiger partial charge in [-0.05, 0) is 69.7 Å². The lowest BCUT2D eigenvalue weighted by atomic mass is 9.77. The minimum atomic E-state index is -0.940. The van der Waals surface area contributed by atoms with Crippen LogP contribution in [0.2, 0.25) is 0 Å². The molecule has 0 saturated carbocycles. The van der Waals surface area contributed by atoms with E-state index < -0.39 is 6.29 Å². The summed E-state index contributed by atoms with van der Waals surface area (Å²) in [5.41, 5.74) is 10.2. The number of hydrogen-bond acceptors (Lipinski definition) is 10. The number of nitrogens with zero attached hydrogens (tertiary/aromatic N) is 1. The van der Waals surface area contributed by atoms with E-state index in [-0.39, 0.29) is 18.1 Å². The van der Waals surface area contributed by atoms with Crippen LogP contribution >= 0.6 is 0 Å². The molecule has 0 fully saturated rings. The molecule has 1 aromatic carbocycles. The van der Waals surface area contributed by atoms with Gasteiger partial charge in [-0.2, -0.15) is 0 Å². The zero-order valence-corrected chi connectivity index (χ0v) is 23.8. The topological polar surface area (TPSA) is 125 Å². The molecule has 0 amide bonds. The van der Waals surface area contributed by atoms with E-state index in [1.165, 1.54) is 5.56 Å². The molecule has 1 aliphatic rings. The highest BCUT2D eigenvalue weighted by molar-refractivity contribution is 5.67. The summed E-state index contributed by atoms with van der Waals surface area (Å²) in [5, 5.41) is 19.4. The largest absolute Gasteiger partial charge is 0.399 e. The van der Waals surface area contributed by atoms with Crippen molar-refractivity contribution in [1.82, 2.24) is 0 Å². The summed E-state index contributed by atoms with van der Waals surface area (Å²) in [6.07, 6.45) is 0.826. The summed E-state index contributed by atoms with van der Waals surface area (Å²) in [5.74, 6) is 0.281. The first-order valence-electron chi connectivity index (χ1n) is 13.8. The monoisotopic (exact) mass is 542 g/mol. The highest BCUT2D eigenvalue weighted by Crippen LogP contribution is 2.46. The van der Waals surface area contributed by atoms with Crippen molar-refractivity contribution in [1.29, 1.82) is 0 Å². The molecule has 0 aromatic heterocycles. The van der Waals surface area contributed by atoms with Gasteiger partial charge in [-0.25, -0.2) is 0 Å². The number of nitrogens with two attached hydrogens (primary N) is 1. The number of anilines is 2. The Labute approximate surface area is 228 Å². The minimum absolute atomic E-state index is 0.0206. The molecule has 1 aromatic rings. The lowest BCUT2D eigenvalue weighted by Gasteiger charge is -2.49. The van der Waals surface area contributed by atoms with Crippen molar-refractivity contribution in [3.05, 3.63) is 23.3 Å². The third kappa shape index (κ3) is 11.3. The van der Waals surface area contributed by atoms with Crippen LogP contribution in [0, 0.1) is 6.92 Å². The molecule has 1 aliphatic heterocycles. The Balaban J connectivity index is 1.88. The lowest BCUT2D eigenvalue weighted by molar-refractivity contribution is -0.109. The van der Waals surface area contributed by atoms with Gasteiger partial charge in [0.2, 0.25) is 0 Å². The zero-order valence-electron chi connectivity index (χ0n) is 23.8. The number of β-amino-alcohol motifs (C(OH)–C–C–N with tert-alkyl or cyclic N) is 1. The number of fused-ring (bicyclic) bond motifs is 1. The molecule has 0 bridgehead atoms. The van der Waals surface area contributed by atoms with Gasteiger partial charge < -0.3 is 49.3 Å². The van der Waals surface area contributed by atoms with Crippen LogP contribution in [0.5, 0.6) is 0 Å². The van der Waals surface area contributed by atoms with Crippen LogP contribution in [0.15, 0.2) is 12.1 Å². The molecule has 0 aliphatic carbocycles. The fourth-order valence-corrected chi connectivity index (χ4v) is 4.69.